The van der Waals surface area contributed by atoms with Gasteiger partial charge in [-0.2, -0.15) is 0 Å². The molecule has 0 bridgehead atoms. The lowest BCUT2D eigenvalue weighted by Crippen LogP contribution is -2.45. The number of rotatable bonds is 7. The maximum atomic E-state index is 14.0. The van der Waals surface area contributed by atoms with Crippen molar-refractivity contribution in [3.8, 4) is 17.6 Å². The molecule has 0 amide bonds. The van der Waals surface area contributed by atoms with Gasteiger partial charge in [-0.25, -0.2) is 13.2 Å². The Labute approximate surface area is 195 Å². The summed E-state index contributed by atoms with van der Waals surface area (Å²) in [5.41, 5.74) is 3.06. The molecule has 7 heteroatoms. The molecule has 1 atom stereocenters. The fourth-order valence-electron chi connectivity index (χ4n) is 4.45. The molecule has 0 saturated heterocycles. The second-order valence-electron chi connectivity index (χ2n) is 8.43. The summed E-state index contributed by atoms with van der Waals surface area (Å²) in [4.78, 5) is 12.5. The highest BCUT2D eigenvalue weighted by Crippen LogP contribution is 2.45. The Hall–Kier alpha value is -2.98. The summed E-state index contributed by atoms with van der Waals surface area (Å²) >= 11 is 0. The van der Waals surface area contributed by atoms with Crippen LogP contribution in [0.5, 0.6) is 5.75 Å². The zero-order chi connectivity index (χ0) is 23.6. The molecule has 6 nitrogen and oxygen atoms in total. The van der Waals surface area contributed by atoms with E-state index in [-0.39, 0.29) is 28.9 Å². The van der Waals surface area contributed by atoms with Crippen LogP contribution in [-0.4, -0.2) is 34.1 Å². The van der Waals surface area contributed by atoms with Gasteiger partial charge in [0.25, 0.3) is 10.0 Å². The molecule has 0 aromatic heterocycles. The average molecular weight is 468 g/mol. The van der Waals surface area contributed by atoms with E-state index in [1.54, 1.807) is 11.2 Å². The quantitative estimate of drug-likeness (QED) is 0.447. The van der Waals surface area contributed by atoms with E-state index >= 15 is 0 Å². The van der Waals surface area contributed by atoms with E-state index in [9.17, 15) is 13.2 Å². The molecule has 1 saturated carbocycles. The minimum absolute atomic E-state index is 0.0508. The largest absolute Gasteiger partial charge is 0.480 e. The zero-order valence-electron chi connectivity index (χ0n) is 19.3. The van der Waals surface area contributed by atoms with Gasteiger partial charge >= 0.3 is 5.97 Å². The topological polar surface area (TPSA) is 72.9 Å². The van der Waals surface area contributed by atoms with Crippen molar-refractivity contribution >= 4 is 21.7 Å². The number of nitrogens with zero attached hydrogens (tertiary/aromatic N) is 1. The number of esters is 1. The lowest BCUT2D eigenvalue weighted by atomic mass is 9.93. The molecule has 4 rings (SSSR count). The Morgan fingerprint density at radius 2 is 1.94 bits per heavy atom. The van der Waals surface area contributed by atoms with Crippen LogP contribution >= 0.6 is 0 Å². The van der Waals surface area contributed by atoms with Crippen molar-refractivity contribution in [3.63, 3.8) is 0 Å². The minimum atomic E-state index is -3.91. The van der Waals surface area contributed by atoms with Gasteiger partial charge < -0.3 is 9.47 Å². The van der Waals surface area contributed by atoms with Gasteiger partial charge in [-0.15, -0.1) is 5.92 Å². The number of ether oxygens (including phenoxy) is 2. The van der Waals surface area contributed by atoms with Crippen molar-refractivity contribution in [2.45, 2.75) is 56.9 Å². The second kappa shape index (κ2) is 9.48. The van der Waals surface area contributed by atoms with Gasteiger partial charge in [0.2, 0.25) is 0 Å². The van der Waals surface area contributed by atoms with Gasteiger partial charge in [-0.3, -0.25) is 4.31 Å². The molecule has 2 aliphatic rings. The smallest absolute Gasteiger partial charge is 0.341 e. The highest BCUT2D eigenvalue weighted by atomic mass is 32.2. The number of carbonyl (C=O) groups excluding carboxylic acids is 1. The summed E-state index contributed by atoms with van der Waals surface area (Å²) in [6.45, 7) is 3.88. The number of carbonyl (C=O) groups is 1. The van der Waals surface area contributed by atoms with Crippen molar-refractivity contribution < 1.29 is 22.7 Å². The molecule has 174 valence electrons. The molecular weight excluding hydrogens is 438 g/mol. The summed E-state index contributed by atoms with van der Waals surface area (Å²) in [6, 6.07) is 10.3. The molecule has 0 radical (unpaired) electrons. The van der Waals surface area contributed by atoms with Crippen molar-refractivity contribution in [3.05, 3.63) is 53.1 Å². The van der Waals surface area contributed by atoms with E-state index in [1.807, 2.05) is 12.1 Å². The van der Waals surface area contributed by atoms with Gasteiger partial charge in [0, 0.05) is 6.04 Å². The Morgan fingerprint density at radius 1 is 1.15 bits per heavy atom. The third-order valence-corrected chi connectivity index (χ3v) is 8.19. The van der Waals surface area contributed by atoms with E-state index in [0.29, 0.717) is 5.92 Å². The van der Waals surface area contributed by atoms with E-state index in [4.69, 9.17) is 9.47 Å². The van der Waals surface area contributed by atoms with E-state index in [1.165, 1.54) is 30.9 Å². The summed E-state index contributed by atoms with van der Waals surface area (Å²) in [5, 5.41) is 0. The van der Waals surface area contributed by atoms with Crippen molar-refractivity contribution in [1.82, 2.24) is 0 Å². The van der Waals surface area contributed by atoms with Gasteiger partial charge in [-0.05, 0) is 80.3 Å². The molecule has 0 N–H and O–H groups in total. The number of fused-ring (bicyclic) bond motifs is 1. The van der Waals surface area contributed by atoms with E-state index in [0.717, 1.165) is 43.4 Å². The third-order valence-electron chi connectivity index (χ3n) is 6.36. The van der Waals surface area contributed by atoms with Crippen LogP contribution in [0.15, 0.2) is 41.3 Å². The lowest BCUT2D eigenvalue weighted by Gasteiger charge is -2.38. The van der Waals surface area contributed by atoms with Crippen LogP contribution < -0.4 is 9.04 Å². The maximum absolute atomic E-state index is 14.0. The van der Waals surface area contributed by atoms with Crippen molar-refractivity contribution in [2.24, 2.45) is 5.92 Å². The van der Waals surface area contributed by atoms with Crippen molar-refractivity contribution in [1.29, 1.82) is 0 Å². The predicted molar refractivity (Wildman–Crippen MR) is 127 cm³/mol. The Kier molecular flexibility index (Phi) is 6.66. The van der Waals surface area contributed by atoms with Crippen LogP contribution in [-0.2, 0) is 27.6 Å². The number of benzene rings is 2. The number of hydrogen-bond acceptors (Lipinski definition) is 5. The van der Waals surface area contributed by atoms with Gasteiger partial charge in [0.15, 0.2) is 0 Å². The monoisotopic (exact) mass is 467 g/mol. The van der Waals surface area contributed by atoms with Crippen LogP contribution in [0.2, 0.25) is 0 Å². The van der Waals surface area contributed by atoms with Gasteiger partial charge in [0.1, 0.15) is 17.9 Å². The molecule has 0 spiro atoms. The van der Waals surface area contributed by atoms with Crippen molar-refractivity contribution in [2.75, 3.05) is 18.0 Å². The first-order valence-electron chi connectivity index (χ1n) is 11.3. The molecule has 1 heterocycles. The fourth-order valence-corrected chi connectivity index (χ4v) is 6.26. The minimum Gasteiger partial charge on any atom is -0.480 e. The van der Waals surface area contributed by atoms with Crippen LogP contribution in [0, 0.1) is 17.8 Å². The molecule has 1 unspecified atom stereocenters. The first kappa shape index (κ1) is 23.2. The summed E-state index contributed by atoms with van der Waals surface area (Å²) < 4.78 is 40.1. The molecule has 1 aliphatic heterocycles. The SMILES string of the molecule is CC#CCOc1ccc(S(=O)(=O)N2c3ccc(CC)cc3CCC2C2CC2)cc1C(=O)OC. The zero-order valence-corrected chi connectivity index (χ0v) is 20.1. The van der Waals surface area contributed by atoms with Crippen LogP contribution in [0.25, 0.3) is 0 Å². The lowest BCUT2D eigenvalue weighted by molar-refractivity contribution is 0.0596. The average Bonchev–Trinajstić information content (AvgIpc) is 3.68. The highest BCUT2D eigenvalue weighted by molar-refractivity contribution is 7.92. The summed E-state index contributed by atoms with van der Waals surface area (Å²) in [5.74, 6) is 5.45. The standard InChI is InChI=1S/C26H29NO5S/c1-4-6-15-32-25-14-11-21(17-22(25)26(28)31-3)33(29,30)27-23(19-8-9-19)13-10-20-16-18(5-2)7-12-24(20)27/h7,11-12,14,16-17,19,23H,5,8-10,13,15H2,1-3H3. The highest BCUT2D eigenvalue weighted by Gasteiger charge is 2.44. The fraction of sp³-hybridized carbons (Fsp3) is 0.423. The number of sulfonamides is 1. The Balaban J connectivity index is 1.79. The Morgan fingerprint density at radius 3 is 2.61 bits per heavy atom. The number of hydrogen-bond donors (Lipinski definition) is 0. The molecule has 1 fully saturated rings. The Bertz CT molecular complexity index is 1220. The molecular formula is C26H29NO5S. The number of aryl methyl sites for hydroxylation is 2. The molecule has 33 heavy (non-hydrogen) atoms. The van der Waals surface area contributed by atoms with Gasteiger partial charge in [0.05, 0.1) is 17.7 Å². The van der Waals surface area contributed by atoms with Crippen LogP contribution in [0.3, 0.4) is 0 Å². The number of methoxy groups -OCH3 is 1. The molecule has 2 aromatic carbocycles. The van der Waals surface area contributed by atoms with Gasteiger partial charge in [-0.1, -0.05) is 25.0 Å². The predicted octanol–water partition coefficient (Wildman–Crippen LogP) is 4.36. The number of anilines is 1. The summed E-state index contributed by atoms with van der Waals surface area (Å²) in [7, 11) is -2.65. The normalized spacial score (nSPS) is 17.5. The summed E-state index contributed by atoms with van der Waals surface area (Å²) in [6.07, 6.45) is 4.65. The first-order chi connectivity index (χ1) is 15.9. The second-order valence-corrected chi connectivity index (χ2v) is 10.2. The molecule has 1 aliphatic carbocycles. The van der Waals surface area contributed by atoms with Crippen LogP contribution in [0.4, 0.5) is 5.69 Å². The van der Waals surface area contributed by atoms with Crippen LogP contribution in [0.1, 0.15) is 54.6 Å². The van der Waals surface area contributed by atoms with E-state index < -0.39 is 16.0 Å². The van der Waals surface area contributed by atoms with E-state index in [2.05, 4.69) is 24.8 Å². The molecule has 2 aromatic rings. The third kappa shape index (κ3) is 4.58. The maximum Gasteiger partial charge on any atom is 0.341 e. The first-order valence-corrected chi connectivity index (χ1v) is 12.8.